The van der Waals surface area contributed by atoms with Crippen LogP contribution in [0.1, 0.15) is 18.9 Å². The van der Waals surface area contributed by atoms with Crippen LogP contribution in [0.4, 0.5) is 0 Å². The lowest BCUT2D eigenvalue weighted by Gasteiger charge is -2.15. The van der Waals surface area contributed by atoms with Gasteiger partial charge in [0.2, 0.25) is 0 Å². The van der Waals surface area contributed by atoms with E-state index in [0.717, 1.165) is 18.4 Å². The van der Waals surface area contributed by atoms with Gasteiger partial charge in [0.15, 0.2) is 0 Å². The van der Waals surface area contributed by atoms with Gasteiger partial charge in [-0.15, -0.1) is 0 Å². The molecule has 2 N–H and O–H groups in total. The van der Waals surface area contributed by atoms with Crippen molar-refractivity contribution in [2.75, 3.05) is 0 Å². The summed E-state index contributed by atoms with van der Waals surface area (Å²) in [7, 11) is 0. The number of pyridine rings is 1. The van der Waals surface area contributed by atoms with Crippen LogP contribution in [0.15, 0.2) is 42.7 Å². The number of nitrogens with zero attached hydrogens (tertiary/aromatic N) is 1. The molecule has 3 nitrogen and oxygen atoms in total. The van der Waals surface area contributed by atoms with Gasteiger partial charge in [0, 0.05) is 12.2 Å². The maximum Gasteiger partial charge on any atom is 0.149 e. The van der Waals surface area contributed by atoms with Crippen molar-refractivity contribution < 1.29 is 4.74 Å². The van der Waals surface area contributed by atoms with Gasteiger partial charge in [0.1, 0.15) is 11.5 Å². The van der Waals surface area contributed by atoms with Crippen molar-refractivity contribution in [1.82, 2.24) is 4.98 Å². The van der Waals surface area contributed by atoms with Gasteiger partial charge < -0.3 is 10.5 Å². The molecule has 0 amide bonds. The Morgan fingerprint density at radius 2 is 2.16 bits per heavy atom. The molecule has 0 aliphatic heterocycles. The second kappa shape index (κ2) is 6.55. The number of benzene rings is 1. The van der Waals surface area contributed by atoms with E-state index >= 15 is 0 Å². The number of para-hydroxylation sites is 1. The average molecular weight is 277 g/mol. The first-order valence-electron chi connectivity index (χ1n) is 6.31. The Morgan fingerprint density at radius 3 is 2.84 bits per heavy atom. The van der Waals surface area contributed by atoms with Crippen LogP contribution >= 0.6 is 11.6 Å². The number of hydrogen-bond acceptors (Lipinski definition) is 3. The van der Waals surface area contributed by atoms with E-state index in [1.807, 2.05) is 30.3 Å². The van der Waals surface area contributed by atoms with Crippen molar-refractivity contribution in [1.29, 1.82) is 0 Å². The van der Waals surface area contributed by atoms with E-state index in [0.29, 0.717) is 16.5 Å². The maximum atomic E-state index is 6.22. The first-order valence-corrected chi connectivity index (χ1v) is 6.69. The van der Waals surface area contributed by atoms with Crippen molar-refractivity contribution in [2.24, 2.45) is 5.73 Å². The molecule has 1 atom stereocenters. The molecule has 1 heterocycles. The first kappa shape index (κ1) is 13.8. The molecular formula is C15H17ClN2O. The van der Waals surface area contributed by atoms with Crippen molar-refractivity contribution in [3.05, 3.63) is 53.3 Å². The van der Waals surface area contributed by atoms with Crippen molar-refractivity contribution in [2.45, 2.75) is 25.8 Å². The summed E-state index contributed by atoms with van der Waals surface area (Å²) < 4.78 is 5.84. The molecular weight excluding hydrogens is 260 g/mol. The normalized spacial score (nSPS) is 12.2. The molecule has 0 saturated carbocycles. The molecule has 0 fully saturated rings. The van der Waals surface area contributed by atoms with Gasteiger partial charge in [-0.25, -0.2) is 0 Å². The molecule has 0 saturated heterocycles. The van der Waals surface area contributed by atoms with Crippen LogP contribution in [-0.4, -0.2) is 11.0 Å². The molecule has 0 spiro atoms. The Labute approximate surface area is 118 Å². The Kier molecular flexibility index (Phi) is 4.77. The SMILES string of the molecule is CCC(N)Cc1cccc(Cl)c1Oc1cccnc1. The maximum absolute atomic E-state index is 6.22. The quantitative estimate of drug-likeness (QED) is 0.903. The van der Waals surface area contributed by atoms with Crippen LogP contribution in [0.25, 0.3) is 0 Å². The van der Waals surface area contributed by atoms with Gasteiger partial charge in [-0.2, -0.15) is 0 Å². The van der Waals surface area contributed by atoms with Gasteiger partial charge >= 0.3 is 0 Å². The standard InChI is InChI=1S/C15H17ClN2O/c1-2-12(17)9-11-5-3-7-14(16)15(11)19-13-6-4-8-18-10-13/h3-8,10,12H,2,9,17H2,1H3. The summed E-state index contributed by atoms with van der Waals surface area (Å²) in [5.74, 6) is 1.34. The fourth-order valence-electron chi connectivity index (χ4n) is 1.78. The molecule has 1 unspecified atom stereocenters. The number of ether oxygens (including phenoxy) is 1. The summed E-state index contributed by atoms with van der Waals surface area (Å²) in [5.41, 5.74) is 7.03. The van der Waals surface area contributed by atoms with Gasteiger partial charge in [-0.05, 0) is 36.6 Å². The predicted molar refractivity (Wildman–Crippen MR) is 77.7 cm³/mol. The van der Waals surface area contributed by atoms with Crippen LogP contribution in [0.5, 0.6) is 11.5 Å². The minimum Gasteiger partial charge on any atom is -0.454 e. The van der Waals surface area contributed by atoms with Gasteiger partial charge in [0.05, 0.1) is 11.2 Å². The van der Waals surface area contributed by atoms with Crippen LogP contribution in [0.3, 0.4) is 0 Å². The van der Waals surface area contributed by atoms with Gasteiger partial charge in [-0.1, -0.05) is 30.7 Å². The third-order valence-electron chi connectivity index (χ3n) is 2.91. The monoisotopic (exact) mass is 276 g/mol. The van der Waals surface area contributed by atoms with E-state index in [9.17, 15) is 0 Å². The van der Waals surface area contributed by atoms with E-state index < -0.39 is 0 Å². The lowest BCUT2D eigenvalue weighted by Crippen LogP contribution is -2.21. The molecule has 0 aliphatic carbocycles. The zero-order chi connectivity index (χ0) is 13.7. The summed E-state index contributed by atoms with van der Waals surface area (Å²) in [6.45, 7) is 2.07. The fraction of sp³-hybridized carbons (Fsp3) is 0.267. The molecule has 100 valence electrons. The van der Waals surface area contributed by atoms with Crippen LogP contribution in [-0.2, 0) is 6.42 Å². The van der Waals surface area contributed by atoms with Crippen molar-refractivity contribution in [3.8, 4) is 11.5 Å². The highest BCUT2D eigenvalue weighted by Crippen LogP contribution is 2.33. The molecule has 1 aromatic heterocycles. The van der Waals surface area contributed by atoms with Crippen LogP contribution in [0.2, 0.25) is 5.02 Å². The number of halogens is 1. The molecule has 19 heavy (non-hydrogen) atoms. The average Bonchev–Trinajstić information content (AvgIpc) is 2.43. The van der Waals surface area contributed by atoms with E-state index in [-0.39, 0.29) is 6.04 Å². The second-order valence-corrected chi connectivity index (χ2v) is 4.80. The Bertz CT molecular complexity index is 531. The Morgan fingerprint density at radius 1 is 1.32 bits per heavy atom. The molecule has 1 aromatic carbocycles. The number of nitrogens with two attached hydrogens (primary N) is 1. The minimum atomic E-state index is 0.106. The lowest BCUT2D eigenvalue weighted by molar-refractivity contribution is 0.470. The van der Waals surface area contributed by atoms with E-state index in [1.165, 1.54) is 0 Å². The molecule has 0 radical (unpaired) electrons. The number of aromatic nitrogens is 1. The van der Waals surface area contributed by atoms with Crippen LogP contribution in [0, 0.1) is 0 Å². The molecule has 4 heteroatoms. The largest absolute Gasteiger partial charge is 0.454 e. The first-order chi connectivity index (χ1) is 9.20. The molecule has 0 bridgehead atoms. The summed E-state index contributed by atoms with van der Waals surface area (Å²) in [5, 5.41) is 0.588. The van der Waals surface area contributed by atoms with Gasteiger partial charge in [-0.3, -0.25) is 4.98 Å². The number of hydrogen-bond donors (Lipinski definition) is 1. The third-order valence-corrected chi connectivity index (χ3v) is 3.21. The van der Waals surface area contributed by atoms with Gasteiger partial charge in [0.25, 0.3) is 0 Å². The molecule has 2 aromatic rings. The topological polar surface area (TPSA) is 48.1 Å². The molecule has 0 aliphatic rings. The third kappa shape index (κ3) is 3.69. The zero-order valence-corrected chi connectivity index (χ0v) is 11.6. The predicted octanol–water partition coefficient (Wildman–Crippen LogP) is 3.81. The number of rotatable bonds is 5. The Balaban J connectivity index is 2.27. The highest BCUT2D eigenvalue weighted by molar-refractivity contribution is 6.32. The highest BCUT2D eigenvalue weighted by atomic mass is 35.5. The van der Waals surface area contributed by atoms with Crippen molar-refractivity contribution in [3.63, 3.8) is 0 Å². The zero-order valence-electron chi connectivity index (χ0n) is 10.8. The van der Waals surface area contributed by atoms with E-state index in [2.05, 4.69) is 11.9 Å². The molecule has 2 rings (SSSR count). The summed E-state index contributed by atoms with van der Waals surface area (Å²) in [6.07, 6.45) is 5.02. The van der Waals surface area contributed by atoms with E-state index in [1.54, 1.807) is 12.4 Å². The second-order valence-electron chi connectivity index (χ2n) is 4.39. The summed E-state index contributed by atoms with van der Waals surface area (Å²) in [4.78, 5) is 4.02. The minimum absolute atomic E-state index is 0.106. The highest BCUT2D eigenvalue weighted by Gasteiger charge is 2.12. The lowest BCUT2D eigenvalue weighted by atomic mass is 10.0. The summed E-state index contributed by atoms with van der Waals surface area (Å²) in [6, 6.07) is 9.50. The summed E-state index contributed by atoms with van der Waals surface area (Å²) >= 11 is 6.22. The fourth-order valence-corrected chi connectivity index (χ4v) is 2.01. The van der Waals surface area contributed by atoms with Crippen LogP contribution < -0.4 is 10.5 Å². The van der Waals surface area contributed by atoms with E-state index in [4.69, 9.17) is 22.1 Å². The van der Waals surface area contributed by atoms with Crippen molar-refractivity contribution >= 4 is 11.6 Å². The Hall–Kier alpha value is -1.58. The smallest absolute Gasteiger partial charge is 0.149 e.